The van der Waals surface area contributed by atoms with Gasteiger partial charge >= 0.3 is 0 Å². The molecule has 6 heteroatoms. The summed E-state index contributed by atoms with van der Waals surface area (Å²) in [5, 5.41) is 0.455. The molecule has 0 spiro atoms. The van der Waals surface area contributed by atoms with Crippen LogP contribution in [-0.4, -0.2) is 14.3 Å². The second kappa shape index (κ2) is 3.39. The summed E-state index contributed by atoms with van der Waals surface area (Å²) in [5.74, 6) is 0.573. The molecule has 0 saturated carbocycles. The molecule has 66 valence electrons. The predicted octanol–water partition coefficient (Wildman–Crippen LogP) is 1.94. The Balaban J connectivity index is 2.46. The normalized spacial score (nSPS) is 10.2. The highest BCUT2D eigenvalue weighted by atomic mass is 79.9. The van der Waals surface area contributed by atoms with Gasteiger partial charge in [0.15, 0.2) is 11.0 Å². The first-order valence-corrected chi connectivity index (χ1v) is 5.04. The van der Waals surface area contributed by atoms with E-state index in [0.29, 0.717) is 11.0 Å². The van der Waals surface area contributed by atoms with Crippen LogP contribution in [0.1, 0.15) is 0 Å². The summed E-state index contributed by atoms with van der Waals surface area (Å²) in [6.45, 7) is 0. The first kappa shape index (κ1) is 8.58. The fraction of sp³-hybridized carbons (Fsp3) is 0. The summed E-state index contributed by atoms with van der Waals surface area (Å²) >= 11 is 4.44. The maximum Gasteiger partial charge on any atom is 0.200 e. The molecule has 2 heterocycles. The van der Waals surface area contributed by atoms with E-state index in [-0.39, 0.29) is 0 Å². The minimum Gasteiger partial charge on any atom is -0.374 e. The van der Waals surface area contributed by atoms with Crippen molar-refractivity contribution in [3.63, 3.8) is 0 Å². The van der Waals surface area contributed by atoms with Gasteiger partial charge in [0.1, 0.15) is 10.3 Å². The van der Waals surface area contributed by atoms with Crippen LogP contribution in [0.2, 0.25) is 0 Å². The van der Waals surface area contributed by atoms with E-state index < -0.39 is 0 Å². The van der Waals surface area contributed by atoms with Gasteiger partial charge in [-0.1, -0.05) is 6.07 Å². The zero-order valence-electron chi connectivity index (χ0n) is 6.44. The van der Waals surface area contributed by atoms with Crippen molar-refractivity contribution in [1.82, 2.24) is 14.3 Å². The standard InChI is InChI=1S/C7H5BrN4S/c8-5-3-1-2-4(10-5)6-11-7(9)13-12-6/h1-3H,(H2,9,11,12). The summed E-state index contributed by atoms with van der Waals surface area (Å²) < 4.78 is 4.81. The fourth-order valence-electron chi connectivity index (χ4n) is 0.872. The Morgan fingerprint density at radius 3 is 2.77 bits per heavy atom. The summed E-state index contributed by atoms with van der Waals surface area (Å²) in [6, 6.07) is 5.56. The highest BCUT2D eigenvalue weighted by molar-refractivity contribution is 9.10. The molecule has 0 atom stereocenters. The first-order chi connectivity index (χ1) is 6.25. The Morgan fingerprint density at radius 2 is 2.15 bits per heavy atom. The molecule has 2 N–H and O–H groups in total. The number of nitrogens with two attached hydrogens (primary N) is 1. The molecule has 0 aromatic carbocycles. The lowest BCUT2D eigenvalue weighted by molar-refractivity contribution is 1.21. The monoisotopic (exact) mass is 256 g/mol. The van der Waals surface area contributed by atoms with Gasteiger partial charge in [-0.3, -0.25) is 0 Å². The zero-order valence-corrected chi connectivity index (χ0v) is 8.84. The second-order valence-corrected chi connectivity index (χ2v) is 3.90. The van der Waals surface area contributed by atoms with Crippen LogP contribution in [0.4, 0.5) is 5.13 Å². The number of rotatable bonds is 1. The van der Waals surface area contributed by atoms with Crippen molar-refractivity contribution in [3.05, 3.63) is 22.8 Å². The molecule has 2 aromatic rings. The molecular formula is C7H5BrN4S. The van der Waals surface area contributed by atoms with Crippen LogP contribution < -0.4 is 5.73 Å². The highest BCUT2D eigenvalue weighted by Gasteiger charge is 2.05. The van der Waals surface area contributed by atoms with E-state index >= 15 is 0 Å². The van der Waals surface area contributed by atoms with Gasteiger partial charge in [0.05, 0.1) is 0 Å². The summed E-state index contributed by atoms with van der Waals surface area (Å²) in [7, 11) is 0. The van der Waals surface area contributed by atoms with Gasteiger partial charge in [-0.25, -0.2) is 4.98 Å². The molecule has 2 aromatic heterocycles. The Bertz CT molecular complexity index is 428. The van der Waals surface area contributed by atoms with E-state index in [1.165, 1.54) is 11.5 Å². The molecule has 4 nitrogen and oxygen atoms in total. The summed E-state index contributed by atoms with van der Waals surface area (Å²) in [5.41, 5.74) is 6.18. The number of hydrogen-bond donors (Lipinski definition) is 1. The Hall–Kier alpha value is -1.01. The van der Waals surface area contributed by atoms with E-state index in [1.54, 1.807) is 0 Å². The molecule has 0 aliphatic carbocycles. The third-order valence-corrected chi connectivity index (χ3v) is 2.37. The van der Waals surface area contributed by atoms with Crippen LogP contribution in [0.3, 0.4) is 0 Å². The molecule has 0 aliphatic rings. The van der Waals surface area contributed by atoms with Gasteiger partial charge < -0.3 is 5.73 Å². The van der Waals surface area contributed by atoms with Gasteiger partial charge in [-0.05, 0) is 28.1 Å². The number of pyridine rings is 1. The Kier molecular flexibility index (Phi) is 2.24. The molecule has 0 unspecified atom stereocenters. The minimum absolute atomic E-state index is 0.455. The zero-order chi connectivity index (χ0) is 9.26. The smallest absolute Gasteiger partial charge is 0.200 e. The van der Waals surface area contributed by atoms with Gasteiger partial charge in [0.25, 0.3) is 0 Å². The SMILES string of the molecule is Nc1nc(-c2cccc(Br)n2)ns1. The van der Waals surface area contributed by atoms with Crippen molar-refractivity contribution < 1.29 is 0 Å². The van der Waals surface area contributed by atoms with Crippen molar-refractivity contribution in [1.29, 1.82) is 0 Å². The van der Waals surface area contributed by atoms with Crippen molar-refractivity contribution in [2.45, 2.75) is 0 Å². The van der Waals surface area contributed by atoms with Crippen molar-refractivity contribution >= 4 is 32.6 Å². The minimum atomic E-state index is 0.455. The number of aromatic nitrogens is 3. The fourth-order valence-corrected chi connectivity index (χ4v) is 1.66. The first-order valence-electron chi connectivity index (χ1n) is 3.48. The third-order valence-electron chi connectivity index (χ3n) is 1.39. The lowest BCUT2D eigenvalue weighted by atomic mass is 10.3. The number of hydrogen-bond acceptors (Lipinski definition) is 5. The van der Waals surface area contributed by atoms with E-state index in [9.17, 15) is 0 Å². The van der Waals surface area contributed by atoms with Crippen molar-refractivity contribution in [2.24, 2.45) is 0 Å². The number of halogens is 1. The highest BCUT2D eigenvalue weighted by Crippen LogP contribution is 2.18. The van der Waals surface area contributed by atoms with E-state index in [2.05, 4.69) is 30.3 Å². The Morgan fingerprint density at radius 1 is 1.31 bits per heavy atom. The van der Waals surface area contributed by atoms with Crippen LogP contribution in [0.5, 0.6) is 0 Å². The maximum absolute atomic E-state index is 5.46. The molecule has 0 radical (unpaired) electrons. The van der Waals surface area contributed by atoms with E-state index in [0.717, 1.165) is 10.3 Å². The molecule has 13 heavy (non-hydrogen) atoms. The number of nitrogens with zero attached hydrogens (tertiary/aromatic N) is 3. The predicted molar refractivity (Wildman–Crippen MR) is 55.3 cm³/mol. The molecule has 0 aliphatic heterocycles. The molecule has 0 amide bonds. The van der Waals surface area contributed by atoms with Crippen LogP contribution in [-0.2, 0) is 0 Å². The summed E-state index contributed by atoms with van der Waals surface area (Å²) in [4.78, 5) is 8.22. The second-order valence-electron chi connectivity index (χ2n) is 2.30. The van der Waals surface area contributed by atoms with E-state index in [1.807, 2.05) is 18.2 Å². The van der Waals surface area contributed by atoms with E-state index in [4.69, 9.17) is 5.73 Å². The largest absolute Gasteiger partial charge is 0.374 e. The van der Waals surface area contributed by atoms with Gasteiger partial charge in [-0.15, -0.1) is 0 Å². The molecule has 0 fully saturated rings. The van der Waals surface area contributed by atoms with Gasteiger partial charge in [0, 0.05) is 11.5 Å². The average molecular weight is 257 g/mol. The average Bonchev–Trinajstić information content (AvgIpc) is 2.52. The van der Waals surface area contributed by atoms with Crippen LogP contribution >= 0.6 is 27.5 Å². The Labute approximate surface area is 87.1 Å². The van der Waals surface area contributed by atoms with Crippen LogP contribution in [0.25, 0.3) is 11.5 Å². The quantitative estimate of drug-likeness (QED) is 0.793. The van der Waals surface area contributed by atoms with Crippen LogP contribution in [0.15, 0.2) is 22.8 Å². The summed E-state index contributed by atoms with van der Waals surface area (Å²) in [6.07, 6.45) is 0. The van der Waals surface area contributed by atoms with Crippen molar-refractivity contribution in [3.8, 4) is 11.5 Å². The van der Waals surface area contributed by atoms with Gasteiger partial charge in [0.2, 0.25) is 0 Å². The van der Waals surface area contributed by atoms with Crippen LogP contribution in [0, 0.1) is 0 Å². The third kappa shape index (κ3) is 1.84. The van der Waals surface area contributed by atoms with Crippen molar-refractivity contribution in [2.75, 3.05) is 5.73 Å². The topological polar surface area (TPSA) is 64.7 Å². The molecule has 0 saturated heterocycles. The lowest BCUT2D eigenvalue weighted by Gasteiger charge is -1.93. The lowest BCUT2D eigenvalue weighted by Crippen LogP contribution is -1.87. The molecular weight excluding hydrogens is 252 g/mol. The maximum atomic E-state index is 5.46. The van der Waals surface area contributed by atoms with Gasteiger partial charge in [-0.2, -0.15) is 9.36 Å². The number of anilines is 1. The molecule has 2 rings (SSSR count). The number of nitrogen functional groups attached to an aromatic ring is 1. The molecule has 0 bridgehead atoms.